The number of aliphatic hydroxyl groups excluding tert-OH is 2. The third kappa shape index (κ3) is 48.1. The maximum atomic E-state index is 12.5. The monoisotopic (exact) mass is 876 g/mol. The van der Waals surface area contributed by atoms with Gasteiger partial charge in [-0.1, -0.05) is 264 Å². The Morgan fingerprint density at radius 3 is 1.19 bits per heavy atom. The number of carbonyl (C=O) groups excluding carboxylic acids is 2. The number of ether oxygens (including phenoxy) is 1. The lowest BCUT2D eigenvalue weighted by Gasteiger charge is -2.22. The summed E-state index contributed by atoms with van der Waals surface area (Å²) in [7, 11) is 0. The van der Waals surface area contributed by atoms with Crippen LogP contribution in [0.25, 0.3) is 0 Å². The summed E-state index contributed by atoms with van der Waals surface area (Å²) < 4.78 is 5.43. The number of hydrogen-bond acceptors (Lipinski definition) is 5. The van der Waals surface area contributed by atoms with E-state index in [-0.39, 0.29) is 18.5 Å². The normalized spacial score (nSPS) is 12.6. The molecule has 0 aromatic heterocycles. The van der Waals surface area contributed by atoms with Gasteiger partial charge in [-0.05, 0) is 44.9 Å². The average Bonchev–Trinajstić information content (AvgIpc) is 3.27. The molecule has 2 unspecified atom stereocenters. The molecular formula is C56H109NO5. The zero-order chi connectivity index (χ0) is 45.1. The van der Waals surface area contributed by atoms with Crippen LogP contribution in [0.1, 0.15) is 309 Å². The second kappa shape index (κ2) is 52.2. The summed E-state index contributed by atoms with van der Waals surface area (Å²) in [5.74, 6) is -0.0839. The molecule has 0 aromatic carbocycles. The predicted molar refractivity (Wildman–Crippen MR) is 269 cm³/mol. The lowest BCUT2D eigenvalue weighted by atomic mass is 10.0. The van der Waals surface area contributed by atoms with Gasteiger partial charge in [0.05, 0.1) is 25.4 Å². The lowest BCUT2D eigenvalue weighted by molar-refractivity contribution is -0.143. The van der Waals surface area contributed by atoms with E-state index in [1.807, 2.05) is 0 Å². The van der Waals surface area contributed by atoms with Gasteiger partial charge in [-0.15, -0.1) is 0 Å². The van der Waals surface area contributed by atoms with Crippen molar-refractivity contribution in [3.63, 3.8) is 0 Å². The summed E-state index contributed by atoms with van der Waals surface area (Å²) in [6, 6.07) is -0.559. The first-order valence-corrected chi connectivity index (χ1v) is 27.9. The Balaban J connectivity index is 3.46. The molecule has 1 amide bonds. The number of amides is 1. The molecule has 6 nitrogen and oxygen atoms in total. The van der Waals surface area contributed by atoms with E-state index in [2.05, 4.69) is 31.3 Å². The Morgan fingerprint density at radius 1 is 0.435 bits per heavy atom. The molecule has 0 radical (unpaired) electrons. The van der Waals surface area contributed by atoms with Crippen LogP contribution in [-0.2, 0) is 14.3 Å². The number of rotatable bonds is 52. The molecule has 368 valence electrons. The van der Waals surface area contributed by atoms with Crippen molar-refractivity contribution in [2.24, 2.45) is 0 Å². The van der Waals surface area contributed by atoms with Gasteiger partial charge in [-0.3, -0.25) is 9.59 Å². The van der Waals surface area contributed by atoms with Crippen molar-refractivity contribution in [3.8, 4) is 0 Å². The van der Waals surface area contributed by atoms with Gasteiger partial charge in [0.15, 0.2) is 0 Å². The van der Waals surface area contributed by atoms with Gasteiger partial charge in [0, 0.05) is 12.8 Å². The fraction of sp³-hybridized carbons (Fsp3) is 0.929. The molecule has 0 rings (SSSR count). The number of nitrogens with one attached hydrogen (secondary N) is 1. The zero-order valence-corrected chi connectivity index (χ0v) is 41.9. The summed E-state index contributed by atoms with van der Waals surface area (Å²) >= 11 is 0. The van der Waals surface area contributed by atoms with Crippen LogP contribution in [0.2, 0.25) is 0 Å². The highest BCUT2D eigenvalue weighted by atomic mass is 16.5. The number of hydrogen-bond donors (Lipinski definition) is 3. The second-order valence-corrected chi connectivity index (χ2v) is 19.3. The molecule has 2 atom stereocenters. The molecule has 0 fully saturated rings. The van der Waals surface area contributed by atoms with E-state index in [0.29, 0.717) is 25.9 Å². The van der Waals surface area contributed by atoms with Crippen LogP contribution in [0, 0.1) is 0 Å². The number of aliphatic hydroxyl groups is 2. The van der Waals surface area contributed by atoms with Gasteiger partial charge in [0.25, 0.3) is 0 Å². The number of esters is 1. The minimum absolute atomic E-state index is 0.0288. The maximum absolute atomic E-state index is 12.5. The molecule has 0 aliphatic carbocycles. The molecule has 0 heterocycles. The fourth-order valence-corrected chi connectivity index (χ4v) is 8.74. The molecule has 0 saturated heterocycles. The van der Waals surface area contributed by atoms with Crippen molar-refractivity contribution in [1.29, 1.82) is 0 Å². The number of carbonyl (C=O) groups is 2. The molecule has 0 spiro atoms. The Bertz CT molecular complexity index is 924. The van der Waals surface area contributed by atoms with Gasteiger partial charge in [0.2, 0.25) is 5.91 Å². The first-order valence-electron chi connectivity index (χ1n) is 27.9. The second-order valence-electron chi connectivity index (χ2n) is 19.3. The topological polar surface area (TPSA) is 95.9 Å². The van der Waals surface area contributed by atoms with Crippen molar-refractivity contribution < 1.29 is 24.5 Å². The standard InChI is InChI=1S/C56H109NO5/c1-3-5-7-9-11-13-15-16-17-18-19-20-21-22-23-24-25-26-27-29-32-36-40-44-48-54(59)53(52-58)57-55(60)49-45-41-37-33-30-31-35-39-43-47-51-62-56(61)50-46-42-38-34-28-14-12-10-8-6-4-2/h10,12,53-54,58-59H,3-9,11,13-52H2,1-2H3,(H,57,60)/b12-10-. The van der Waals surface area contributed by atoms with Crippen molar-refractivity contribution in [2.45, 2.75) is 321 Å². The van der Waals surface area contributed by atoms with Crippen LogP contribution in [0.3, 0.4) is 0 Å². The molecule has 0 saturated carbocycles. The first kappa shape index (κ1) is 60.6. The van der Waals surface area contributed by atoms with E-state index in [1.54, 1.807) is 0 Å². The van der Waals surface area contributed by atoms with E-state index in [1.165, 1.54) is 218 Å². The Morgan fingerprint density at radius 2 is 0.774 bits per heavy atom. The molecule has 0 aliphatic rings. The SMILES string of the molecule is CCCC/C=C\CCCCCCCC(=O)OCCCCCCCCCCCCC(=O)NC(CO)C(O)CCCCCCCCCCCCCCCCCCCCCCCCCC. The molecule has 6 heteroatoms. The minimum Gasteiger partial charge on any atom is -0.466 e. The van der Waals surface area contributed by atoms with E-state index >= 15 is 0 Å². The van der Waals surface area contributed by atoms with Gasteiger partial charge in [-0.2, -0.15) is 0 Å². The third-order valence-corrected chi connectivity index (χ3v) is 13.1. The van der Waals surface area contributed by atoms with Crippen LogP contribution >= 0.6 is 0 Å². The van der Waals surface area contributed by atoms with Gasteiger partial charge in [0.1, 0.15) is 0 Å². The maximum Gasteiger partial charge on any atom is 0.305 e. The van der Waals surface area contributed by atoms with E-state index < -0.39 is 12.1 Å². The summed E-state index contributed by atoms with van der Waals surface area (Å²) in [5.41, 5.74) is 0. The number of unbranched alkanes of at least 4 members (excludes halogenated alkanes) is 39. The van der Waals surface area contributed by atoms with Crippen molar-refractivity contribution in [1.82, 2.24) is 5.32 Å². The van der Waals surface area contributed by atoms with E-state index in [0.717, 1.165) is 57.8 Å². The molecule has 0 bridgehead atoms. The first-order chi connectivity index (χ1) is 30.5. The Labute approximate surface area is 387 Å². The highest BCUT2D eigenvalue weighted by Crippen LogP contribution is 2.17. The molecule has 3 N–H and O–H groups in total. The van der Waals surface area contributed by atoms with Gasteiger partial charge < -0.3 is 20.3 Å². The largest absolute Gasteiger partial charge is 0.466 e. The van der Waals surface area contributed by atoms with Gasteiger partial charge in [-0.25, -0.2) is 0 Å². The molecule has 0 aromatic rings. The van der Waals surface area contributed by atoms with Crippen molar-refractivity contribution >= 4 is 11.9 Å². The van der Waals surface area contributed by atoms with E-state index in [9.17, 15) is 19.8 Å². The highest BCUT2D eigenvalue weighted by molar-refractivity contribution is 5.76. The van der Waals surface area contributed by atoms with Crippen molar-refractivity contribution in [2.75, 3.05) is 13.2 Å². The summed E-state index contributed by atoms with van der Waals surface area (Å²) in [5, 5.41) is 23.3. The highest BCUT2D eigenvalue weighted by Gasteiger charge is 2.20. The van der Waals surface area contributed by atoms with Crippen molar-refractivity contribution in [3.05, 3.63) is 12.2 Å². The summed E-state index contributed by atoms with van der Waals surface area (Å²) in [6.45, 7) is 4.88. The molecule has 62 heavy (non-hydrogen) atoms. The average molecular weight is 876 g/mol. The fourth-order valence-electron chi connectivity index (χ4n) is 8.74. The molecular weight excluding hydrogens is 767 g/mol. The lowest BCUT2D eigenvalue weighted by Crippen LogP contribution is -2.45. The minimum atomic E-state index is -0.679. The van der Waals surface area contributed by atoms with E-state index in [4.69, 9.17) is 4.74 Å². The third-order valence-electron chi connectivity index (χ3n) is 13.1. The smallest absolute Gasteiger partial charge is 0.305 e. The van der Waals surface area contributed by atoms with Crippen LogP contribution in [0.4, 0.5) is 0 Å². The number of allylic oxidation sites excluding steroid dienone is 2. The van der Waals surface area contributed by atoms with Crippen LogP contribution in [0.5, 0.6) is 0 Å². The Kier molecular flexibility index (Phi) is 51.0. The zero-order valence-electron chi connectivity index (χ0n) is 41.9. The van der Waals surface area contributed by atoms with Gasteiger partial charge >= 0.3 is 5.97 Å². The quantitative estimate of drug-likeness (QED) is 0.0321. The predicted octanol–water partition coefficient (Wildman–Crippen LogP) is 16.9. The molecule has 0 aliphatic heterocycles. The Hall–Kier alpha value is -1.40. The van der Waals surface area contributed by atoms with Crippen LogP contribution in [0.15, 0.2) is 12.2 Å². The van der Waals surface area contributed by atoms with Crippen LogP contribution in [-0.4, -0.2) is 47.4 Å². The summed E-state index contributed by atoms with van der Waals surface area (Å²) in [6.07, 6.45) is 60.5. The van der Waals surface area contributed by atoms with Crippen LogP contribution < -0.4 is 5.32 Å². The summed E-state index contributed by atoms with van der Waals surface area (Å²) in [4.78, 5) is 24.5.